The smallest absolute Gasteiger partial charge is 0.407 e. The van der Waals surface area contributed by atoms with Crippen molar-refractivity contribution in [3.05, 3.63) is 76.9 Å². The Bertz CT molecular complexity index is 722. The molecule has 0 unspecified atom stereocenters. The van der Waals surface area contributed by atoms with Crippen molar-refractivity contribution in [3.63, 3.8) is 0 Å². The third-order valence-electron chi connectivity index (χ3n) is 3.11. The highest BCUT2D eigenvalue weighted by Crippen LogP contribution is 2.14. The molecule has 2 rings (SSSR count). The van der Waals surface area contributed by atoms with Gasteiger partial charge in [0.2, 0.25) is 0 Å². The molecule has 0 radical (unpaired) electrons. The maximum absolute atomic E-state index is 13.4. The van der Waals surface area contributed by atoms with E-state index in [2.05, 4.69) is 5.32 Å². The molecule has 0 bridgehead atoms. The summed E-state index contributed by atoms with van der Waals surface area (Å²) in [6, 6.07) is 11.3. The summed E-state index contributed by atoms with van der Waals surface area (Å²) in [5, 5.41) is 2.48. The van der Waals surface area contributed by atoms with Crippen molar-refractivity contribution in [1.29, 1.82) is 0 Å². The molecule has 0 aliphatic rings. The van der Waals surface area contributed by atoms with Gasteiger partial charge < -0.3 is 10.1 Å². The molecule has 124 valence electrons. The standard InChI is InChI=1S/C18H15F2NO3/c19-16-9-14(10-17(20)15(16)11-22)7-4-8-21-18(23)24-12-13-5-2-1-3-6-13/h1-7,9-11H,8,12H2,(H,21,23). The van der Waals surface area contributed by atoms with E-state index in [4.69, 9.17) is 4.74 Å². The molecule has 2 aromatic rings. The van der Waals surface area contributed by atoms with Crippen LogP contribution in [0.1, 0.15) is 21.5 Å². The van der Waals surface area contributed by atoms with Crippen molar-refractivity contribution in [2.45, 2.75) is 6.61 Å². The zero-order valence-corrected chi connectivity index (χ0v) is 12.7. The number of benzene rings is 2. The van der Waals surface area contributed by atoms with E-state index < -0.39 is 23.3 Å². The number of halogens is 2. The third-order valence-corrected chi connectivity index (χ3v) is 3.11. The molecular weight excluding hydrogens is 316 g/mol. The Morgan fingerprint density at radius 2 is 1.79 bits per heavy atom. The first-order chi connectivity index (χ1) is 11.6. The molecule has 0 aliphatic carbocycles. The SMILES string of the molecule is O=Cc1c(F)cc(C=CCNC(=O)OCc2ccccc2)cc1F. The Balaban J connectivity index is 1.80. The summed E-state index contributed by atoms with van der Waals surface area (Å²) in [4.78, 5) is 22.0. The Morgan fingerprint density at radius 3 is 2.42 bits per heavy atom. The number of amides is 1. The van der Waals surface area contributed by atoms with Gasteiger partial charge in [0.05, 0.1) is 5.56 Å². The summed E-state index contributed by atoms with van der Waals surface area (Å²) in [6.45, 7) is 0.284. The molecule has 1 amide bonds. The molecule has 4 nitrogen and oxygen atoms in total. The summed E-state index contributed by atoms with van der Waals surface area (Å²) >= 11 is 0. The van der Waals surface area contributed by atoms with Gasteiger partial charge in [0, 0.05) is 6.54 Å². The minimum atomic E-state index is -0.931. The lowest BCUT2D eigenvalue weighted by atomic mass is 10.1. The first kappa shape index (κ1) is 17.3. The molecule has 0 aliphatic heterocycles. The molecule has 0 heterocycles. The van der Waals surface area contributed by atoms with Crippen LogP contribution < -0.4 is 5.32 Å². The fourth-order valence-electron chi connectivity index (χ4n) is 1.92. The summed E-state index contributed by atoms with van der Waals surface area (Å²) in [7, 11) is 0. The minimum absolute atomic E-state index is 0.127. The highest BCUT2D eigenvalue weighted by atomic mass is 19.1. The second-order valence-corrected chi connectivity index (χ2v) is 4.86. The minimum Gasteiger partial charge on any atom is -0.445 e. The molecule has 0 atom stereocenters. The number of hydrogen-bond acceptors (Lipinski definition) is 3. The zero-order valence-electron chi connectivity index (χ0n) is 12.7. The van der Waals surface area contributed by atoms with E-state index in [-0.39, 0.29) is 25.0 Å². The molecule has 0 spiro atoms. The number of hydrogen-bond donors (Lipinski definition) is 1. The molecule has 6 heteroatoms. The number of carbonyl (C=O) groups is 2. The van der Waals surface area contributed by atoms with Crippen LogP contribution in [0.3, 0.4) is 0 Å². The number of nitrogens with one attached hydrogen (secondary N) is 1. The van der Waals surface area contributed by atoms with Crippen LogP contribution in [0.25, 0.3) is 6.08 Å². The van der Waals surface area contributed by atoms with E-state index in [0.717, 1.165) is 17.7 Å². The van der Waals surface area contributed by atoms with Gasteiger partial charge >= 0.3 is 6.09 Å². The second kappa shape index (κ2) is 8.57. The molecule has 0 aromatic heterocycles. The average molecular weight is 331 g/mol. The molecule has 1 N–H and O–H groups in total. The number of carbonyl (C=O) groups excluding carboxylic acids is 2. The van der Waals surface area contributed by atoms with Gasteiger partial charge in [0.1, 0.15) is 18.2 Å². The van der Waals surface area contributed by atoms with Crippen LogP contribution in [0.4, 0.5) is 13.6 Å². The lowest BCUT2D eigenvalue weighted by Crippen LogP contribution is -2.24. The van der Waals surface area contributed by atoms with Crippen molar-refractivity contribution in [1.82, 2.24) is 5.32 Å². The monoisotopic (exact) mass is 331 g/mol. The van der Waals surface area contributed by atoms with Crippen molar-refractivity contribution in [2.75, 3.05) is 6.54 Å². The first-order valence-corrected chi connectivity index (χ1v) is 7.15. The van der Waals surface area contributed by atoms with Crippen LogP contribution in [0.5, 0.6) is 0 Å². The summed E-state index contributed by atoms with van der Waals surface area (Å²) in [6.07, 6.45) is 2.47. The summed E-state index contributed by atoms with van der Waals surface area (Å²) < 4.78 is 31.8. The quantitative estimate of drug-likeness (QED) is 0.821. The van der Waals surface area contributed by atoms with E-state index in [9.17, 15) is 18.4 Å². The van der Waals surface area contributed by atoms with Crippen LogP contribution in [0.2, 0.25) is 0 Å². The normalized spacial score (nSPS) is 10.6. The van der Waals surface area contributed by atoms with Crippen LogP contribution in [0.15, 0.2) is 48.5 Å². The van der Waals surface area contributed by atoms with Crippen LogP contribution in [0, 0.1) is 11.6 Å². The summed E-state index contributed by atoms with van der Waals surface area (Å²) in [5.41, 5.74) is 0.509. The van der Waals surface area contributed by atoms with E-state index in [1.54, 1.807) is 0 Å². The third kappa shape index (κ3) is 5.01. The van der Waals surface area contributed by atoms with Crippen LogP contribution >= 0.6 is 0 Å². The summed E-state index contributed by atoms with van der Waals surface area (Å²) in [5.74, 6) is -1.86. The van der Waals surface area contributed by atoms with E-state index >= 15 is 0 Å². The Labute approximate surface area is 137 Å². The van der Waals surface area contributed by atoms with Crippen LogP contribution in [-0.4, -0.2) is 18.9 Å². The fraction of sp³-hybridized carbons (Fsp3) is 0.111. The van der Waals surface area contributed by atoms with Gasteiger partial charge in [-0.2, -0.15) is 0 Å². The van der Waals surface area contributed by atoms with Gasteiger partial charge in [-0.05, 0) is 23.3 Å². The van der Waals surface area contributed by atoms with E-state index in [0.29, 0.717) is 0 Å². The Hall–Kier alpha value is -3.02. The Kier molecular flexibility index (Phi) is 6.19. The highest BCUT2D eigenvalue weighted by Gasteiger charge is 2.08. The molecule has 0 saturated carbocycles. The second-order valence-electron chi connectivity index (χ2n) is 4.86. The van der Waals surface area contributed by atoms with Gasteiger partial charge in [-0.15, -0.1) is 0 Å². The Morgan fingerprint density at radius 1 is 1.12 bits per heavy atom. The van der Waals surface area contributed by atoms with Gasteiger partial charge in [-0.25, -0.2) is 13.6 Å². The van der Waals surface area contributed by atoms with E-state index in [1.165, 1.54) is 12.2 Å². The molecular formula is C18H15F2NO3. The highest BCUT2D eigenvalue weighted by molar-refractivity contribution is 5.76. The van der Waals surface area contributed by atoms with Gasteiger partial charge in [-0.3, -0.25) is 4.79 Å². The average Bonchev–Trinajstić information content (AvgIpc) is 2.57. The number of aldehydes is 1. The van der Waals surface area contributed by atoms with Gasteiger partial charge in [0.15, 0.2) is 6.29 Å². The lowest BCUT2D eigenvalue weighted by molar-refractivity contribution is 0.111. The predicted molar refractivity (Wildman–Crippen MR) is 85.4 cm³/mol. The predicted octanol–water partition coefficient (Wildman–Crippen LogP) is 3.72. The first-order valence-electron chi connectivity index (χ1n) is 7.15. The molecule has 0 fully saturated rings. The van der Waals surface area contributed by atoms with E-state index in [1.807, 2.05) is 30.3 Å². The number of rotatable bonds is 6. The molecule has 24 heavy (non-hydrogen) atoms. The van der Waals surface area contributed by atoms with Gasteiger partial charge in [0.25, 0.3) is 0 Å². The van der Waals surface area contributed by atoms with Gasteiger partial charge in [-0.1, -0.05) is 42.5 Å². The topological polar surface area (TPSA) is 55.4 Å². The maximum atomic E-state index is 13.4. The number of ether oxygens (including phenoxy) is 1. The molecule has 2 aromatic carbocycles. The zero-order chi connectivity index (χ0) is 17.4. The van der Waals surface area contributed by atoms with Crippen molar-refractivity contribution < 1.29 is 23.1 Å². The van der Waals surface area contributed by atoms with Crippen LogP contribution in [-0.2, 0) is 11.3 Å². The fourth-order valence-corrected chi connectivity index (χ4v) is 1.92. The maximum Gasteiger partial charge on any atom is 0.407 e. The lowest BCUT2D eigenvalue weighted by Gasteiger charge is -2.05. The van der Waals surface area contributed by atoms with Crippen molar-refractivity contribution in [2.24, 2.45) is 0 Å². The molecule has 0 saturated heterocycles. The number of alkyl carbamates (subject to hydrolysis) is 1. The van der Waals surface area contributed by atoms with Crippen molar-refractivity contribution >= 4 is 18.5 Å². The largest absolute Gasteiger partial charge is 0.445 e. The van der Waals surface area contributed by atoms with Crippen molar-refractivity contribution in [3.8, 4) is 0 Å².